The summed E-state index contributed by atoms with van der Waals surface area (Å²) in [5, 5.41) is 11.0. The number of aryl methyl sites for hydroxylation is 2. The molecule has 0 saturated carbocycles. The summed E-state index contributed by atoms with van der Waals surface area (Å²) in [5.74, 6) is 3.03. The van der Waals surface area contributed by atoms with E-state index >= 15 is 0 Å². The van der Waals surface area contributed by atoms with Gasteiger partial charge >= 0.3 is 0 Å². The van der Waals surface area contributed by atoms with Gasteiger partial charge in [-0.05, 0) is 94.1 Å². The summed E-state index contributed by atoms with van der Waals surface area (Å²) in [5.41, 5.74) is 14.8. The van der Waals surface area contributed by atoms with E-state index in [0.717, 1.165) is 102 Å². The van der Waals surface area contributed by atoms with Crippen LogP contribution in [0.3, 0.4) is 0 Å². The highest BCUT2D eigenvalue weighted by Crippen LogP contribution is 2.34. The normalized spacial score (nSPS) is 15.7. The second-order valence-corrected chi connectivity index (χ2v) is 13.8. The zero-order chi connectivity index (χ0) is 36.9. The number of nitrogens with two attached hydrogens (primary N) is 1. The predicted octanol–water partition coefficient (Wildman–Crippen LogP) is 8.50. The minimum absolute atomic E-state index is 0.0171. The monoisotopic (exact) mass is 726 g/mol. The number of non-ortho nitro benzene ring substituents is 1. The molecular weight excluding hydrogens is 688 g/mol. The molecule has 0 aliphatic carbocycles. The second-order valence-electron chi connectivity index (χ2n) is 13.8. The third-order valence-electron chi connectivity index (χ3n) is 10.3. The number of nitrogens with zero attached hydrogens (tertiary/aromatic N) is 7. The van der Waals surface area contributed by atoms with E-state index in [1.165, 1.54) is 12.1 Å². The first-order valence-corrected chi connectivity index (χ1v) is 18.1. The second kappa shape index (κ2) is 13.7. The summed E-state index contributed by atoms with van der Waals surface area (Å²) >= 11 is 0. The molecule has 0 amide bonds. The van der Waals surface area contributed by atoms with Crippen LogP contribution in [0.15, 0.2) is 81.6 Å². The fourth-order valence-corrected chi connectivity index (χ4v) is 7.73. The minimum Gasteiger partial charge on any atom is -0.436 e. The Kier molecular flexibility index (Phi) is 8.55. The molecule has 8 aromatic rings. The Labute approximate surface area is 308 Å². The lowest BCUT2D eigenvalue weighted by atomic mass is 10.1. The van der Waals surface area contributed by atoms with E-state index in [1.54, 1.807) is 12.1 Å². The van der Waals surface area contributed by atoms with Gasteiger partial charge in [0.15, 0.2) is 11.2 Å². The fourth-order valence-electron chi connectivity index (χ4n) is 7.73. The number of hydrogen-bond acceptors (Lipinski definition) is 11. The molecule has 14 nitrogen and oxygen atoms in total. The third-order valence-corrected chi connectivity index (χ3v) is 10.3. The first-order valence-electron chi connectivity index (χ1n) is 18.1. The standard InChI is InChI=1S/C20H18N4O4.C20H20N4O2/c1-12-21-17-10-13(2-5-18(17)23(12)14-6-8-27-9-7-14)20-22-16-4-3-15(24(25)26)11-19(16)28-20;1-12-22-17-10-13(20-23-16-4-3-14(21)11-19(16)26-20)2-5-18(17)24(12)15-6-8-25-9-7-15/h2-5,10-11,14H,6-9H2,1H3;2-5,10-11,15H,6-9,21H2,1H3. The fraction of sp³-hybridized carbons (Fsp3) is 0.300. The molecule has 0 unspecified atom stereocenters. The quantitative estimate of drug-likeness (QED) is 0.102. The van der Waals surface area contributed by atoms with Gasteiger partial charge in [0.2, 0.25) is 11.8 Å². The van der Waals surface area contributed by atoms with Crippen molar-refractivity contribution in [2.45, 2.75) is 51.6 Å². The number of oxazole rings is 2. The molecule has 2 fully saturated rings. The average molecular weight is 727 g/mol. The number of nitrogen functional groups attached to an aromatic ring is 1. The van der Waals surface area contributed by atoms with Crippen LogP contribution in [0.1, 0.15) is 49.4 Å². The van der Waals surface area contributed by atoms with Gasteiger partial charge in [-0.2, -0.15) is 0 Å². The zero-order valence-electron chi connectivity index (χ0n) is 29.9. The number of ether oxygens (including phenoxy) is 2. The van der Waals surface area contributed by atoms with Crippen molar-refractivity contribution in [1.29, 1.82) is 0 Å². The molecule has 14 heteroatoms. The first kappa shape index (κ1) is 33.7. The molecule has 0 atom stereocenters. The Morgan fingerprint density at radius 2 is 1.11 bits per heavy atom. The predicted molar refractivity (Wildman–Crippen MR) is 204 cm³/mol. The maximum absolute atomic E-state index is 11.0. The number of fused-ring (bicyclic) bond motifs is 4. The maximum atomic E-state index is 11.0. The molecule has 2 aliphatic heterocycles. The molecule has 2 aliphatic rings. The summed E-state index contributed by atoms with van der Waals surface area (Å²) in [6.45, 7) is 7.26. The largest absolute Gasteiger partial charge is 0.436 e. The van der Waals surface area contributed by atoms with E-state index < -0.39 is 4.92 Å². The molecule has 10 rings (SSSR count). The van der Waals surface area contributed by atoms with Gasteiger partial charge in [0.05, 0.1) is 33.1 Å². The zero-order valence-corrected chi connectivity index (χ0v) is 29.9. The maximum Gasteiger partial charge on any atom is 0.273 e. The van der Waals surface area contributed by atoms with Gasteiger partial charge in [-0.1, -0.05) is 0 Å². The number of anilines is 1. The topological polar surface area (TPSA) is 175 Å². The van der Waals surface area contributed by atoms with Crippen LogP contribution in [0, 0.1) is 24.0 Å². The van der Waals surface area contributed by atoms with Crippen LogP contribution < -0.4 is 5.73 Å². The van der Waals surface area contributed by atoms with Gasteiger partial charge in [-0.3, -0.25) is 10.1 Å². The van der Waals surface area contributed by atoms with Crippen molar-refractivity contribution < 1.29 is 23.2 Å². The lowest BCUT2D eigenvalue weighted by molar-refractivity contribution is -0.384. The van der Waals surface area contributed by atoms with Crippen LogP contribution >= 0.6 is 0 Å². The number of imidazole rings is 2. The molecule has 0 spiro atoms. The van der Waals surface area contributed by atoms with Crippen LogP contribution in [0.25, 0.3) is 67.2 Å². The lowest BCUT2D eigenvalue weighted by Crippen LogP contribution is -2.20. The van der Waals surface area contributed by atoms with E-state index in [9.17, 15) is 10.1 Å². The van der Waals surface area contributed by atoms with E-state index in [2.05, 4.69) is 32.1 Å². The summed E-state index contributed by atoms with van der Waals surface area (Å²) in [4.78, 5) is 29.1. The van der Waals surface area contributed by atoms with Crippen LogP contribution in [-0.4, -0.2) is 60.4 Å². The van der Waals surface area contributed by atoms with Gasteiger partial charge in [-0.15, -0.1) is 0 Å². The molecule has 54 heavy (non-hydrogen) atoms. The van der Waals surface area contributed by atoms with Crippen LogP contribution in [0.2, 0.25) is 0 Å². The van der Waals surface area contributed by atoms with Crippen LogP contribution in [0.5, 0.6) is 0 Å². The molecule has 2 saturated heterocycles. The summed E-state index contributed by atoms with van der Waals surface area (Å²) in [7, 11) is 0. The Morgan fingerprint density at radius 3 is 1.61 bits per heavy atom. The van der Waals surface area contributed by atoms with E-state index in [4.69, 9.17) is 34.0 Å². The molecule has 4 aromatic heterocycles. The van der Waals surface area contributed by atoms with Gasteiger partial charge in [0.25, 0.3) is 5.69 Å². The van der Waals surface area contributed by atoms with Crippen molar-refractivity contribution in [3.8, 4) is 22.9 Å². The number of benzene rings is 4. The molecule has 0 radical (unpaired) electrons. The highest BCUT2D eigenvalue weighted by atomic mass is 16.6. The van der Waals surface area contributed by atoms with E-state index in [0.29, 0.717) is 46.2 Å². The minimum atomic E-state index is -0.445. The number of aromatic nitrogens is 6. The summed E-state index contributed by atoms with van der Waals surface area (Å²) < 4.78 is 27.3. The van der Waals surface area contributed by atoms with E-state index in [1.807, 2.05) is 49.4 Å². The van der Waals surface area contributed by atoms with Crippen molar-refractivity contribution in [2.75, 3.05) is 32.2 Å². The van der Waals surface area contributed by atoms with Gasteiger partial charge < -0.3 is 33.2 Å². The number of nitro groups is 1. The summed E-state index contributed by atoms with van der Waals surface area (Å²) in [6.07, 6.45) is 4.02. The van der Waals surface area contributed by atoms with Gasteiger partial charge in [0.1, 0.15) is 22.7 Å². The van der Waals surface area contributed by atoms with Gasteiger partial charge in [-0.25, -0.2) is 19.9 Å². The van der Waals surface area contributed by atoms with Crippen LogP contribution in [0.4, 0.5) is 11.4 Å². The molecule has 0 bridgehead atoms. The van der Waals surface area contributed by atoms with Crippen molar-refractivity contribution in [3.63, 3.8) is 0 Å². The number of rotatable bonds is 5. The third kappa shape index (κ3) is 6.22. The highest BCUT2D eigenvalue weighted by Gasteiger charge is 2.23. The Balaban J connectivity index is 0.000000143. The lowest BCUT2D eigenvalue weighted by Gasteiger charge is -2.25. The van der Waals surface area contributed by atoms with Crippen molar-refractivity contribution >= 4 is 55.6 Å². The molecular formula is C40H38N8O6. The Hall–Kier alpha value is -6.12. The smallest absolute Gasteiger partial charge is 0.273 e. The first-order chi connectivity index (χ1) is 26.3. The number of nitro benzene ring substituents is 1. The Morgan fingerprint density at radius 1 is 0.630 bits per heavy atom. The van der Waals surface area contributed by atoms with Crippen molar-refractivity contribution in [3.05, 3.63) is 94.6 Å². The highest BCUT2D eigenvalue weighted by molar-refractivity contribution is 5.85. The van der Waals surface area contributed by atoms with Gasteiger partial charge in [0, 0.05) is 67.5 Å². The SMILES string of the molecule is Cc1nc2cc(-c3nc4ccc(N)cc4o3)ccc2n1C1CCOCC1.Cc1nc2cc(-c3nc4ccc([N+](=O)[O-])cc4o3)ccc2n1C1CCOCC1. The Bertz CT molecular complexity index is 2680. The molecule has 4 aromatic carbocycles. The summed E-state index contributed by atoms with van der Waals surface area (Å²) in [6, 6.07) is 22.9. The molecule has 6 heterocycles. The van der Waals surface area contributed by atoms with Crippen molar-refractivity contribution in [2.24, 2.45) is 0 Å². The van der Waals surface area contributed by atoms with Crippen molar-refractivity contribution in [1.82, 2.24) is 29.1 Å². The average Bonchev–Trinajstić information content (AvgIpc) is 3.96. The van der Waals surface area contributed by atoms with E-state index in [-0.39, 0.29) is 5.69 Å². The number of hydrogen-bond donors (Lipinski definition) is 1. The van der Waals surface area contributed by atoms with Crippen LogP contribution in [-0.2, 0) is 9.47 Å². The molecule has 274 valence electrons. The molecule has 2 N–H and O–H groups in total.